The van der Waals surface area contributed by atoms with Crippen LogP contribution < -0.4 is 10.6 Å². The second-order valence-corrected chi connectivity index (χ2v) is 5.92. The Balaban J connectivity index is 2.01. The van der Waals surface area contributed by atoms with E-state index in [4.69, 9.17) is 5.11 Å². The molecule has 0 radical (unpaired) electrons. The maximum Gasteiger partial charge on any atom is 0.251 e. The van der Waals surface area contributed by atoms with Crippen molar-refractivity contribution in [2.24, 2.45) is 0 Å². The van der Waals surface area contributed by atoms with Crippen molar-refractivity contribution >= 4 is 11.8 Å². The molecule has 0 bridgehead atoms. The van der Waals surface area contributed by atoms with Crippen molar-refractivity contribution in [1.29, 1.82) is 0 Å². The largest absolute Gasteiger partial charge is 0.396 e. The van der Waals surface area contributed by atoms with Gasteiger partial charge in [0.2, 0.25) is 5.91 Å². The van der Waals surface area contributed by atoms with Crippen LogP contribution in [0.4, 0.5) is 0 Å². The standard InChI is InChI=1S/C21H24N2O3/c1-2-20(25)22-15-16-10-12-18(13-11-16)21(26)23-19(9-6-14-24)17-7-4-3-5-8-17/h2-5,7-8,10-13,19,24H,1,6,9,14-15H2,(H,22,25)(H,23,26). The number of nitrogens with one attached hydrogen (secondary N) is 2. The Bertz CT molecular complexity index is 727. The quantitative estimate of drug-likeness (QED) is 0.607. The molecule has 0 saturated heterocycles. The smallest absolute Gasteiger partial charge is 0.251 e. The van der Waals surface area contributed by atoms with Crippen LogP contribution in [-0.2, 0) is 11.3 Å². The van der Waals surface area contributed by atoms with Crippen molar-refractivity contribution in [2.75, 3.05) is 6.61 Å². The van der Waals surface area contributed by atoms with Crippen LogP contribution in [0.25, 0.3) is 0 Å². The molecule has 0 heterocycles. The van der Waals surface area contributed by atoms with E-state index in [0.29, 0.717) is 24.9 Å². The van der Waals surface area contributed by atoms with Gasteiger partial charge in [0.15, 0.2) is 0 Å². The number of hydrogen-bond acceptors (Lipinski definition) is 3. The van der Waals surface area contributed by atoms with Crippen LogP contribution >= 0.6 is 0 Å². The van der Waals surface area contributed by atoms with Crippen LogP contribution in [0.2, 0.25) is 0 Å². The number of rotatable bonds is 9. The first-order chi connectivity index (χ1) is 12.6. The van der Waals surface area contributed by atoms with Crippen molar-refractivity contribution < 1.29 is 14.7 Å². The monoisotopic (exact) mass is 352 g/mol. The Morgan fingerprint density at radius 3 is 2.38 bits per heavy atom. The Morgan fingerprint density at radius 2 is 1.77 bits per heavy atom. The van der Waals surface area contributed by atoms with Crippen molar-refractivity contribution in [2.45, 2.75) is 25.4 Å². The molecule has 2 rings (SSSR count). The molecule has 1 unspecified atom stereocenters. The fourth-order valence-corrected chi connectivity index (χ4v) is 2.58. The molecule has 0 spiro atoms. The number of aliphatic hydroxyl groups excluding tert-OH is 1. The Morgan fingerprint density at radius 1 is 1.08 bits per heavy atom. The van der Waals surface area contributed by atoms with Gasteiger partial charge in [0.05, 0.1) is 6.04 Å². The summed E-state index contributed by atoms with van der Waals surface area (Å²) in [6.45, 7) is 3.88. The Hall–Kier alpha value is -2.92. The number of carbonyl (C=O) groups is 2. The Kier molecular flexibility index (Phi) is 7.58. The normalized spacial score (nSPS) is 11.4. The second-order valence-electron chi connectivity index (χ2n) is 5.92. The lowest BCUT2D eigenvalue weighted by atomic mass is 10.0. The second kappa shape index (κ2) is 10.2. The van der Waals surface area contributed by atoms with E-state index in [1.165, 1.54) is 6.08 Å². The molecule has 0 saturated carbocycles. The first-order valence-corrected chi connectivity index (χ1v) is 8.60. The molecule has 2 amide bonds. The summed E-state index contributed by atoms with van der Waals surface area (Å²) in [5, 5.41) is 14.8. The summed E-state index contributed by atoms with van der Waals surface area (Å²) in [4.78, 5) is 23.8. The third kappa shape index (κ3) is 5.86. The summed E-state index contributed by atoms with van der Waals surface area (Å²) in [6.07, 6.45) is 2.50. The number of hydrogen-bond donors (Lipinski definition) is 3. The summed E-state index contributed by atoms with van der Waals surface area (Å²) in [6, 6.07) is 16.7. The molecule has 5 heteroatoms. The molecular weight excluding hydrogens is 328 g/mol. The first kappa shape index (κ1) is 19.4. The highest BCUT2D eigenvalue weighted by Crippen LogP contribution is 2.19. The third-order valence-corrected chi connectivity index (χ3v) is 4.03. The van der Waals surface area contributed by atoms with Crippen LogP contribution in [0.5, 0.6) is 0 Å². The molecule has 5 nitrogen and oxygen atoms in total. The molecule has 0 aliphatic carbocycles. The van der Waals surface area contributed by atoms with Gasteiger partial charge in [-0.15, -0.1) is 0 Å². The zero-order chi connectivity index (χ0) is 18.8. The van der Waals surface area contributed by atoms with Gasteiger partial charge < -0.3 is 15.7 Å². The lowest BCUT2D eigenvalue weighted by molar-refractivity contribution is -0.116. The van der Waals surface area contributed by atoms with Gasteiger partial charge in [-0.2, -0.15) is 0 Å². The lowest BCUT2D eigenvalue weighted by Crippen LogP contribution is -2.28. The van der Waals surface area contributed by atoms with Gasteiger partial charge in [0, 0.05) is 18.7 Å². The van der Waals surface area contributed by atoms with Gasteiger partial charge >= 0.3 is 0 Å². The van der Waals surface area contributed by atoms with E-state index in [1.807, 2.05) is 42.5 Å². The highest BCUT2D eigenvalue weighted by atomic mass is 16.3. The summed E-state index contributed by atoms with van der Waals surface area (Å²) < 4.78 is 0. The highest BCUT2D eigenvalue weighted by molar-refractivity contribution is 5.94. The molecule has 26 heavy (non-hydrogen) atoms. The van der Waals surface area contributed by atoms with E-state index in [9.17, 15) is 9.59 Å². The van der Waals surface area contributed by atoms with Gasteiger partial charge in [-0.05, 0) is 42.2 Å². The molecule has 2 aromatic rings. The third-order valence-electron chi connectivity index (χ3n) is 4.03. The summed E-state index contributed by atoms with van der Waals surface area (Å²) in [5.41, 5.74) is 2.46. The van der Waals surface area contributed by atoms with Crippen LogP contribution in [0.1, 0.15) is 40.4 Å². The van der Waals surface area contributed by atoms with E-state index in [1.54, 1.807) is 12.1 Å². The van der Waals surface area contributed by atoms with Gasteiger partial charge in [0.25, 0.3) is 5.91 Å². The number of aliphatic hydroxyl groups is 1. The minimum Gasteiger partial charge on any atom is -0.396 e. The molecule has 0 aromatic heterocycles. The predicted molar refractivity (Wildman–Crippen MR) is 101 cm³/mol. The minimum absolute atomic E-state index is 0.0876. The zero-order valence-electron chi connectivity index (χ0n) is 14.7. The van der Waals surface area contributed by atoms with E-state index in [-0.39, 0.29) is 24.5 Å². The lowest BCUT2D eigenvalue weighted by Gasteiger charge is -2.19. The number of benzene rings is 2. The molecule has 3 N–H and O–H groups in total. The zero-order valence-corrected chi connectivity index (χ0v) is 14.7. The van der Waals surface area contributed by atoms with E-state index in [2.05, 4.69) is 17.2 Å². The maximum atomic E-state index is 12.6. The van der Waals surface area contributed by atoms with E-state index in [0.717, 1.165) is 11.1 Å². The highest BCUT2D eigenvalue weighted by Gasteiger charge is 2.15. The van der Waals surface area contributed by atoms with Gasteiger partial charge in [-0.25, -0.2) is 0 Å². The average Bonchev–Trinajstić information content (AvgIpc) is 2.70. The van der Waals surface area contributed by atoms with Crippen molar-refractivity contribution in [3.63, 3.8) is 0 Å². The molecular formula is C21H24N2O3. The topological polar surface area (TPSA) is 78.4 Å². The molecule has 136 valence electrons. The minimum atomic E-state index is -0.235. The van der Waals surface area contributed by atoms with Crippen molar-refractivity contribution in [3.05, 3.63) is 83.9 Å². The molecule has 0 fully saturated rings. The average molecular weight is 352 g/mol. The fraction of sp³-hybridized carbons (Fsp3) is 0.238. The van der Waals surface area contributed by atoms with Crippen LogP contribution in [-0.4, -0.2) is 23.5 Å². The molecule has 1 atom stereocenters. The SMILES string of the molecule is C=CC(=O)NCc1ccc(C(=O)NC(CCCO)c2ccccc2)cc1. The van der Waals surface area contributed by atoms with E-state index < -0.39 is 0 Å². The molecule has 0 aliphatic rings. The van der Waals surface area contributed by atoms with Crippen molar-refractivity contribution in [3.8, 4) is 0 Å². The predicted octanol–water partition coefficient (Wildman–Crippen LogP) is 2.73. The first-order valence-electron chi connectivity index (χ1n) is 8.60. The molecule has 2 aromatic carbocycles. The Labute approximate surface area is 153 Å². The maximum absolute atomic E-state index is 12.6. The molecule has 0 aliphatic heterocycles. The summed E-state index contributed by atoms with van der Waals surface area (Å²) >= 11 is 0. The van der Waals surface area contributed by atoms with E-state index >= 15 is 0 Å². The number of amides is 2. The van der Waals surface area contributed by atoms with Crippen LogP contribution in [0, 0.1) is 0 Å². The van der Waals surface area contributed by atoms with Gasteiger partial charge in [-0.3, -0.25) is 9.59 Å². The van der Waals surface area contributed by atoms with Crippen molar-refractivity contribution in [1.82, 2.24) is 10.6 Å². The number of carbonyl (C=O) groups excluding carboxylic acids is 2. The van der Waals surface area contributed by atoms with Crippen LogP contribution in [0.15, 0.2) is 67.3 Å². The van der Waals surface area contributed by atoms with Crippen LogP contribution in [0.3, 0.4) is 0 Å². The summed E-state index contributed by atoms with van der Waals surface area (Å²) in [5.74, 6) is -0.403. The van der Waals surface area contributed by atoms with Gasteiger partial charge in [0.1, 0.15) is 0 Å². The van der Waals surface area contributed by atoms with Gasteiger partial charge in [-0.1, -0.05) is 49.0 Å². The fourth-order valence-electron chi connectivity index (χ4n) is 2.58. The summed E-state index contributed by atoms with van der Waals surface area (Å²) in [7, 11) is 0.